The Bertz CT molecular complexity index is 375. The third kappa shape index (κ3) is 2.86. The van der Waals surface area contributed by atoms with E-state index in [9.17, 15) is 0 Å². The van der Waals surface area contributed by atoms with Gasteiger partial charge in [0.25, 0.3) is 0 Å². The lowest BCUT2D eigenvalue weighted by Crippen LogP contribution is -2.33. The molecule has 1 aliphatic rings. The molecule has 0 saturated heterocycles. The van der Waals surface area contributed by atoms with Gasteiger partial charge in [-0.2, -0.15) is 11.8 Å². The Morgan fingerprint density at radius 2 is 2.18 bits per heavy atom. The molecule has 1 aromatic carbocycles. The SMILES string of the molecule is CCCNC1c2cc(C)ccc2CSC1CC. The monoisotopic (exact) mass is 249 g/mol. The average Bonchev–Trinajstić information content (AvgIpc) is 2.35. The molecule has 2 atom stereocenters. The second-order valence-electron chi connectivity index (χ2n) is 4.89. The topological polar surface area (TPSA) is 12.0 Å². The van der Waals surface area contributed by atoms with E-state index in [1.165, 1.54) is 29.7 Å². The number of rotatable bonds is 4. The van der Waals surface area contributed by atoms with Crippen molar-refractivity contribution >= 4 is 11.8 Å². The highest BCUT2D eigenvalue weighted by Gasteiger charge is 2.28. The fourth-order valence-corrected chi connectivity index (χ4v) is 3.85. The number of hydrogen-bond donors (Lipinski definition) is 1. The minimum atomic E-state index is 0.550. The zero-order chi connectivity index (χ0) is 12.3. The summed E-state index contributed by atoms with van der Waals surface area (Å²) in [6.45, 7) is 7.86. The lowest BCUT2D eigenvalue weighted by atomic mass is 9.94. The van der Waals surface area contributed by atoms with Crippen LogP contribution in [0.25, 0.3) is 0 Å². The predicted molar refractivity (Wildman–Crippen MR) is 77.6 cm³/mol. The van der Waals surface area contributed by atoms with Crippen molar-refractivity contribution in [3.8, 4) is 0 Å². The smallest absolute Gasteiger partial charge is 0.0443 e. The number of fused-ring (bicyclic) bond motifs is 1. The number of benzene rings is 1. The summed E-state index contributed by atoms with van der Waals surface area (Å²) < 4.78 is 0. The standard InChI is InChI=1S/C15H23NS/c1-4-8-16-15-13-9-11(3)6-7-12(13)10-17-14(15)5-2/h6-7,9,14-16H,4-5,8,10H2,1-3H3. The van der Waals surface area contributed by atoms with E-state index in [2.05, 4.69) is 56.0 Å². The van der Waals surface area contributed by atoms with Crippen LogP contribution < -0.4 is 5.32 Å². The first-order chi connectivity index (χ1) is 8.26. The van der Waals surface area contributed by atoms with E-state index in [1.54, 1.807) is 5.56 Å². The first-order valence-corrected chi connectivity index (χ1v) is 7.75. The molecule has 2 rings (SSSR count). The minimum Gasteiger partial charge on any atom is -0.309 e. The van der Waals surface area contributed by atoms with Gasteiger partial charge in [0.15, 0.2) is 0 Å². The van der Waals surface area contributed by atoms with E-state index in [1.807, 2.05) is 0 Å². The molecule has 94 valence electrons. The Hall–Kier alpha value is -0.470. The lowest BCUT2D eigenvalue weighted by Gasteiger charge is -2.33. The average molecular weight is 249 g/mol. The van der Waals surface area contributed by atoms with Gasteiger partial charge in [-0.15, -0.1) is 0 Å². The Kier molecular flexibility index (Phi) is 4.52. The number of thioether (sulfide) groups is 1. The summed E-state index contributed by atoms with van der Waals surface area (Å²) in [6, 6.07) is 7.48. The van der Waals surface area contributed by atoms with Crippen molar-refractivity contribution in [2.75, 3.05) is 6.54 Å². The minimum absolute atomic E-state index is 0.550. The second-order valence-corrected chi connectivity index (χ2v) is 6.12. The largest absolute Gasteiger partial charge is 0.309 e. The van der Waals surface area contributed by atoms with Crippen molar-refractivity contribution in [1.82, 2.24) is 5.32 Å². The molecule has 0 fully saturated rings. The van der Waals surface area contributed by atoms with Gasteiger partial charge in [0.1, 0.15) is 0 Å². The van der Waals surface area contributed by atoms with Crippen LogP contribution in [0, 0.1) is 6.92 Å². The number of aryl methyl sites for hydroxylation is 1. The van der Waals surface area contributed by atoms with Crippen LogP contribution >= 0.6 is 11.8 Å². The van der Waals surface area contributed by atoms with Crippen molar-refractivity contribution in [2.45, 2.75) is 50.7 Å². The number of nitrogens with one attached hydrogen (secondary N) is 1. The van der Waals surface area contributed by atoms with Crippen LogP contribution in [0.2, 0.25) is 0 Å². The fourth-order valence-electron chi connectivity index (χ4n) is 2.52. The summed E-state index contributed by atoms with van der Waals surface area (Å²) in [7, 11) is 0. The van der Waals surface area contributed by atoms with E-state index in [4.69, 9.17) is 0 Å². The van der Waals surface area contributed by atoms with Gasteiger partial charge in [-0.1, -0.05) is 37.6 Å². The predicted octanol–water partition coefficient (Wildman–Crippen LogP) is 4.06. The molecule has 1 heterocycles. The Labute approximate surface area is 109 Å². The molecule has 17 heavy (non-hydrogen) atoms. The summed E-state index contributed by atoms with van der Waals surface area (Å²) in [5.41, 5.74) is 4.46. The zero-order valence-electron chi connectivity index (χ0n) is 11.1. The molecule has 2 heteroatoms. The molecule has 0 aliphatic carbocycles. The molecule has 0 spiro atoms. The second kappa shape index (κ2) is 5.92. The molecular weight excluding hydrogens is 226 g/mol. The maximum atomic E-state index is 3.73. The summed E-state index contributed by atoms with van der Waals surface area (Å²) in [6.07, 6.45) is 2.46. The number of hydrogen-bond acceptors (Lipinski definition) is 2. The van der Waals surface area contributed by atoms with Gasteiger partial charge in [0, 0.05) is 17.0 Å². The summed E-state index contributed by atoms with van der Waals surface area (Å²) in [5, 5.41) is 4.47. The van der Waals surface area contributed by atoms with Gasteiger partial charge in [0.05, 0.1) is 0 Å². The van der Waals surface area contributed by atoms with Gasteiger partial charge in [-0.3, -0.25) is 0 Å². The molecule has 0 amide bonds. The Morgan fingerprint density at radius 1 is 1.35 bits per heavy atom. The molecule has 1 N–H and O–H groups in total. The zero-order valence-corrected chi connectivity index (χ0v) is 11.9. The van der Waals surface area contributed by atoms with Crippen molar-refractivity contribution < 1.29 is 0 Å². The Balaban J connectivity index is 2.28. The van der Waals surface area contributed by atoms with Crippen molar-refractivity contribution in [1.29, 1.82) is 0 Å². The normalized spacial score (nSPS) is 23.5. The maximum Gasteiger partial charge on any atom is 0.0443 e. The van der Waals surface area contributed by atoms with Crippen LogP contribution in [-0.4, -0.2) is 11.8 Å². The van der Waals surface area contributed by atoms with Gasteiger partial charge < -0.3 is 5.32 Å². The first kappa shape index (κ1) is 13.0. The fraction of sp³-hybridized carbons (Fsp3) is 0.600. The van der Waals surface area contributed by atoms with E-state index >= 15 is 0 Å². The van der Waals surface area contributed by atoms with Crippen molar-refractivity contribution in [3.05, 3.63) is 34.9 Å². The van der Waals surface area contributed by atoms with Crippen LogP contribution in [0.3, 0.4) is 0 Å². The van der Waals surface area contributed by atoms with Gasteiger partial charge in [-0.25, -0.2) is 0 Å². The molecule has 1 nitrogen and oxygen atoms in total. The van der Waals surface area contributed by atoms with Crippen molar-refractivity contribution in [3.63, 3.8) is 0 Å². The van der Waals surface area contributed by atoms with Crippen LogP contribution in [0.1, 0.15) is 49.4 Å². The third-order valence-electron chi connectivity index (χ3n) is 3.48. The van der Waals surface area contributed by atoms with E-state index in [-0.39, 0.29) is 0 Å². The molecule has 0 radical (unpaired) electrons. The quantitative estimate of drug-likeness (QED) is 0.863. The molecule has 0 bridgehead atoms. The highest BCUT2D eigenvalue weighted by molar-refractivity contribution is 7.99. The Morgan fingerprint density at radius 3 is 2.88 bits per heavy atom. The van der Waals surface area contributed by atoms with Crippen LogP contribution in [-0.2, 0) is 5.75 Å². The summed E-state index contributed by atoms with van der Waals surface area (Å²) in [5.74, 6) is 1.18. The summed E-state index contributed by atoms with van der Waals surface area (Å²) in [4.78, 5) is 0. The van der Waals surface area contributed by atoms with E-state index in [0.29, 0.717) is 6.04 Å². The van der Waals surface area contributed by atoms with E-state index < -0.39 is 0 Å². The van der Waals surface area contributed by atoms with Gasteiger partial charge >= 0.3 is 0 Å². The lowest BCUT2D eigenvalue weighted by molar-refractivity contribution is 0.498. The maximum absolute atomic E-state index is 3.73. The van der Waals surface area contributed by atoms with Crippen LogP contribution in [0.15, 0.2) is 18.2 Å². The highest BCUT2D eigenvalue weighted by Crippen LogP contribution is 2.39. The molecule has 0 saturated carbocycles. The molecular formula is C15H23NS. The summed E-state index contributed by atoms with van der Waals surface area (Å²) >= 11 is 2.11. The first-order valence-electron chi connectivity index (χ1n) is 6.70. The molecule has 1 aliphatic heterocycles. The van der Waals surface area contributed by atoms with Gasteiger partial charge in [-0.05, 0) is 37.4 Å². The third-order valence-corrected chi connectivity index (χ3v) is 4.99. The van der Waals surface area contributed by atoms with Crippen LogP contribution in [0.5, 0.6) is 0 Å². The van der Waals surface area contributed by atoms with Gasteiger partial charge in [0.2, 0.25) is 0 Å². The molecule has 2 unspecified atom stereocenters. The van der Waals surface area contributed by atoms with Crippen molar-refractivity contribution in [2.24, 2.45) is 0 Å². The highest BCUT2D eigenvalue weighted by atomic mass is 32.2. The van der Waals surface area contributed by atoms with E-state index in [0.717, 1.165) is 11.8 Å². The molecule has 0 aromatic heterocycles. The molecule has 1 aromatic rings. The van der Waals surface area contributed by atoms with Crippen LogP contribution in [0.4, 0.5) is 0 Å².